The maximum absolute atomic E-state index is 12.7. The first-order valence-electron chi connectivity index (χ1n) is 8.49. The summed E-state index contributed by atoms with van der Waals surface area (Å²) in [5.41, 5.74) is 1.35. The summed E-state index contributed by atoms with van der Waals surface area (Å²) in [6.07, 6.45) is 5.05. The molecule has 1 aromatic heterocycles. The molecule has 1 amide bonds. The number of aromatic nitrogens is 3. The Morgan fingerprint density at radius 3 is 2.91 bits per heavy atom. The molecule has 2 heterocycles. The fourth-order valence-electron chi connectivity index (χ4n) is 3.51. The number of nitrogens with zero attached hydrogens (tertiary/aromatic N) is 4. The predicted molar refractivity (Wildman–Crippen MR) is 84.2 cm³/mol. The van der Waals surface area contributed by atoms with Crippen molar-refractivity contribution in [3.05, 3.63) is 11.4 Å². The van der Waals surface area contributed by atoms with Crippen LogP contribution in [-0.2, 0) is 16.0 Å². The van der Waals surface area contributed by atoms with E-state index in [1.807, 2.05) is 11.6 Å². The zero-order valence-electron chi connectivity index (χ0n) is 14.0. The summed E-state index contributed by atoms with van der Waals surface area (Å²) in [6.45, 7) is 4.98. The molecule has 1 aliphatic heterocycles. The van der Waals surface area contributed by atoms with E-state index in [1.54, 1.807) is 12.0 Å². The van der Waals surface area contributed by atoms with Crippen LogP contribution in [-0.4, -0.2) is 65.3 Å². The Morgan fingerprint density at radius 2 is 2.17 bits per heavy atom. The highest BCUT2D eigenvalue weighted by molar-refractivity contribution is 5.93. The zero-order chi connectivity index (χ0) is 16.2. The monoisotopic (exact) mass is 322 g/mol. The van der Waals surface area contributed by atoms with Gasteiger partial charge in [0.1, 0.15) is 0 Å². The minimum Gasteiger partial charge on any atom is -0.382 e. The highest BCUT2D eigenvalue weighted by Crippen LogP contribution is 2.26. The van der Waals surface area contributed by atoms with Crippen molar-refractivity contribution >= 4 is 5.91 Å². The Kier molecular flexibility index (Phi) is 5.27. The van der Waals surface area contributed by atoms with Crippen molar-refractivity contribution in [2.75, 3.05) is 33.4 Å². The van der Waals surface area contributed by atoms with E-state index in [1.165, 1.54) is 25.7 Å². The van der Waals surface area contributed by atoms with Gasteiger partial charge >= 0.3 is 0 Å². The van der Waals surface area contributed by atoms with Crippen LogP contribution in [0.3, 0.4) is 0 Å². The molecule has 0 radical (unpaired) electrons. The van der Waals surface area contributed by atoms with Crippen LogP contribution < -0.4 is 0 Å². The van der Waals surface area contributed by atoms with Crippen LogP contribution >= 0.6 is 0 Å². The fraction of sp³-hybridized carbons (Fsp3) is 0.812. The molecule has 23 heavy (non-hydrogen) atoms. The number of ether oxygens (including phenoxy) is 2. The highest BCUT2D eigenvalue weighted by atomic mass is 16.5. The molecule has 0 aromatic carbocycles. The zero-order valence-corrected chi connectivity index (χ0v) is 14.0. The maximum atomic E-state index is 12.7. The first-order chi connectivity index (χ1) is 11.2. The standard InChI is InChI=1S/C16H26N4O3/c1-12-15(17-18-20(12)9-13-5-3-4-6-13)16(21)19-7-8-23-14(10-19)11-22-2/h13-14H,3-11H2,1-2H3. The second-order valence-corrected chi connectivity index (χ2v) is 6.56. The van der Waals surface area contributed by atoms with Gasteiger partial charge < -0.3 is 14.4 Å². The first kappa shape index (κ1) is 16.4. The molecule has 3 rings (SSSR count). The normalized spacial score (nSPS) is 22.7. The van der Waals surface area contributed by atoms with Crippen LogP contribution in [0.25, 0.3) is 0 Å². The Balaban J connectivity index is 1.66. The molecule has 2 fully saturated rings. The van der Waals surface area contributed by atoms with E-state index in [2.05, 4.69) is 10.3 Å². The van der Waals surface area contributed by atoms with Crippen LogP contribution in [0, 0.1) is 12.8 Å². The number of rotatable bonds is 5. The molecule has 1 saturated carbocycles. The van der Waals surface area contributed by atoms with E-state index in [0.29, 0.717) is 37.9 Å². The number of morpholine rings is 1. The predicted octanol–water partition coefficient (Wildman–Crippen LogP) is 1.26. The molecule has 2 aliphatic rings. The van der Waals surface area contributed by atoms with Gasteiger partial charge in [0.25, 0.3) is 5.91 Å². The lowest BCUT2D eigenvalue weighted by molar-refractivity contribution is -0.0532. The van der Waals surface area contributed by atoms with Gasteiger partial charge in [0.2, 0.25) is 0 Å². The van der Waals surface area contributed by atoms with Crippen molar-refractivity contribution in [1.82, 2.24) is 19.9 Å². The third-order valence-electron chi connectivity index (χ3n) is 4.87. The largest absolute Gasteiger partial charge is 0.382 e. The van der Waals surface area contributed by atoms with Crippen molar-refractivity contribution in [2.45, 2.75) is 45.3 Å². The second kappa shape index (κ2) is 7.40. The number of methoxy groups -OCH3 is 1. The lowest BCUT2D eigenvalue weighted by Gasteiger charge is -2.32. The molecule has 1 saturated heterocycles. The molecule has 0 N–H and O–H groups in total. The number of carbonyl (C=O) groups is 1. The Hall–Kier alpha value is -1.47. The van der Waals surface area contributed by atoms with Crippen molar-refractivity contribution in [1.29, 1.82) is 0 Å². The van der Waals surface area contributed by atoms with Gasteiger partial charge in [-0.3, -0.25) is 4.79 Å². The third-order valence-corrected chi connectivity index (χ3v) is 4.87. The van der Waals surface area contributed by atoms with Crippen LogP contribution in [0.4, 0.5) is 0 Å². The molecular formula is C16H26N4O3. The molecule has 1 aromatic rings. The van der Waals surface area contributed by atoms with Crippen molar-refractivity contribution in [3.8, 4) is 0 Å². The van der Waals surface area contributed by atoms with Gasteiger partial charge in [-0.1, -0.05) is 18.1 Å². The number of hydrogen-bond donors (Lipinski definition) is 0. The van der Waals surface area contributed by atoms with E-state index in [9.17, 15) is 4.79 Å². The summed E-state index contributed by atoms with van der Waals surface area (Å²) < 4.78 is 12.6. The van der Waals surface area contributed by atoms with E-state index < -0.39 is 0 Å². The lowest BCUT2D eigenvalue weighted by Crippen LogP contribution is -2.47. The van der Waals surface area contributed by atoms with E-state index >= 15 is 0 Å². The summed E-state index contributed by atoms with van der Waals surface area (Å²) >= 11 is 0. The van der Waals surface area contributed by atoms with Crippen LogP contribution in [0.5, 0.6) is 0 Å². The Labute approximate surface area is 136 Å². The quantitative estimate of drug-likeness (QED) is 0.816. The Bertz CT molecular complexity index is 537. The molecule has 0 bridgehead atoms. The van der Waals surface area contributed by atoms with Crippen molar-refractivity contribution < 1.29 is 14.3 Å². The lowest BCUT2D eigenvalue weighted by atomic mass is 10.1. The van der Waals surface area contributed by atoms with E-state index in [4.69, 9.17) is 9.47 Å². The molecule has 7 nitrogen and oxygen atoms in total. The summed E-state index contributed by atoms with van der Waals surface area (Å²) in [6, 6.07) is 0. The summed E-state index contributed by atoms with van der Waals surface area (Å²) in [7, 11) is 1.64. The summed E-state index contributed by atoms with van der Waals surface area (Å²) in [5.74, 6) is 0.623. The average molecular weight is 322 g/mol. The highest BCUT2D eigenvalue weighted by Gasteiger charge is 2.28. The smallest absolute Gasteiger partial charge is 0.276 e. The van der Waals surface area contributed by atoms with E-state index in [-0.39, 0.29) is 12.0 Å². The van der Waals surface area contributed by atoms with Crippen molar-refractivity contribution in [3.63, 3.8) is 0 Å². The molecule has 1 unspecified atom stereocenters. The maximum Gasteiger partial charge on any atom is 0.276 e. The molecule has 1 atom stereocenters. The Morgan fingerprint density at radius 1 is 1.39 bits per heavy atom. The van der Waals surface area contributed by atoms with Crippen LogP contribution in [0.2, 0.25) is 0 Å². The molecular weight excluding hydrogens is 296 g/mol. The third kappa shape index (κ3) is 3.72. The molecule has 1 aliphatic carbocycles. The van der Waals surface area contributed by atoms with Gasteiger partial charge in [-0.25, -0.2) is 4.68 Å². The van der Waals surface area contributed by atoms with Gasteiger partial charge in [-0.05, 0) is 25.7 Å². The SMILES string of the molecule is COCC1CN(C(=O)c2nnn(CC3CCCC3)c2C)CCO1. The minimum atomic E-state index is -0.0634. The van der Waals surface area contributed by atoms with Gasteiger partial charge in [-0.2, -0.15) is 0 Å². The second-order valence-electron chi connectivity index (χ2n) is 6.56. The average Bonchev–Trinajstić information content (AvgIpc) is 3.19. The van der Waals surface area contributed by atoms with E-state index in [0.717, 1.165) is 12.2 Å². The molecule has 0 spiro atoms. The van der Waals surface area contributed by atoms with Gasteiger partial charge in [0.05, 0.1) is 25.0 Å². The number of amides is 1. The first-order valence-corrected chi connectivity index (χ1v) is 8.49. The molecule has 7 heteroatoms. The minimum absolute atomic E-state index is 0.0513. The fourth-order valence-corrected chi connectivity index (χ4v) is 3.51. The van der Waals surface area contributed by atoms with Gasteiger partial charge in [0, 0.05) is 26.7 Å². The van der Waals surface area contributed by atoms with Crippen LogP contribution in [0.1, 0.15) is 41.9 Å². The van der Waals surface area contributed by atoms with Crippen LogP contribution in [0.15, 0.2) is 0 Å². The number of hydrogen-bond acceptors (Lipinski definition) is 5. The molecule has 128 valence electrons. The topological polar surface area (TPSA) is 69.5 Å². The van der Waals surface area contributed by atoms with Crippen molar-refractivity contribution in [2.24, 2.45) is 5.92 Å². The number of carbonyl (C=O) groups excluding carboxylic acids is 1. The summed E-state index contributed by atoms with van der Waals surface area (Å²) in [4.78, 5) is 14.5. The van der Waals surface area contributed by atoms with Gasteiger partial charge in [0.15, 0.2) is 5.69 Å². The summed E-state index contributed by atoms with van der Waals surface area (Å²) in [5, 5.41) is 8.37. The van der Waals surface area contributed by atoms with Gasteiger partial charge in [-0.15, -0.1) is 5.10 Å².